The number of aliphatic hydroxyl groups is 1. The predicted molar refractivity (Wildman–Crippen MR) is 64.4 cm³/mol. The van der Waals surface area contributed by atoms with Crippen LogP contribution in [0, 0.1) is 5.92 Å². The third-order valence-electron chi connectivity index (χ3n) is 4.14. The fourth-order valence-corrected chi connectivity index (χ4v) is 3.04. The van der Waals surface area contributed by atoms with E-state index in [1.54, 1.807) is 0 Å². The van der Waals surface area contributed by atoms with Crippen LogP contribution in [0.3, 0.4) is 0 Å². The summed E-state index contributed by atoms with van der Waals surface area (Å²) in [5, 5.41) is 9.89. The lowest BCUT2D eigenvalue weighted by Gasteiger charge is -2.40. The maximum atomic E-state index is 9.89. The minimum Gasteiger partial charge on any atom is -0.393 e. The van der Waals surface area contributed by atoms with Crippen molar-refractivity contribution in [2.45, 2.75) is 57.8 Å². The fourth-order valence-electron chi connectivity index (χ4n) is 3.04. The molecule has 1 saturated heterocycles. The van der Waals surface area contributed by atoms with E-state index in [4.69, 9.17) is 4.74 Å². The van der Waals surface area contributed by atoms with E-state index < -0.39 is 0 Å². The molecule has 0 spiro atoms. The maximum Gasteiger partial charge on any atom is 0.0674 e. The zero-order valence-electron chi connectivity index (χ0n) is 10.6. The van der Waals surface area contributed by atoms with E-state index in [-0.39, 0.29) is 6.10 Å². The Hall–Kier alpha value is -0.120. The third-order valence-corrected chi connectivity index (χ3v) is 4.14. The summed E-state index contributed by atoms with van der Waals surface area (Å²) in [7, 11) is 0. The zero-order valence-corrected chi connectivity index (χ0v) is 10.6. The molecule has 0 bridgehead atoms. The van der Waals surface area contributed by atoms with Crippen LogP contribution in [-0.2, 0) is 4.74 Å². The van der Waals surface area contributed by atoms with Crippen molar-refractivity contribution < 1.29 is 9.84 Å². The summed E-state index contributed by atoms with van der Waals surface area (Å²) in [5.41, 5.74) is 0. The highest BCUT2D eigenvalue weighted by Crippen LogP contribution is 2.28. The molecule has 1 N–H and O–H groups in total. The summed E-state index contributed by atoms with van der Waals surface area (Å²) >= 11 is 0. The molecule has 1 saturated carbocycles. The molecule has 0 aromatic heterocycles. The Morgan fingerprint density at radius 2 is 2.19 bits per heavy atom. The molecule has 4 atom stereocenters. The van der Waals surface area contributed by atoms with Crippen LogP contribution < -0.4 is 0 Å². The van der Waals surface area contributed by atoms with Crippen molar-refractivity contribution in [2.24, 2.45) is 5.92 Å². The number of morpholine rings is 1. The largest absolute Gasteiger partial charge is 0.393 e. The van der Waals surface area contributed by atoms with Gasteiger partial charge in [-0.1, -0.05) is 13.3 Å². The Morgan fingerprint density at radius 3 is 2.81 bits per heavy atom. The molecule has 0 amide bonds. The smallest absolute Gasteiger partial charge is 0.0674 e. The van der Waals surface area contributed by atoms with Gasteiger partial charge in [-0.25, -0.2) is 0 Å². The summed E-state index contributed by atoms with van der Waals surface area (Å²) in [6, 6.07) is 0.559. The number of nitrogens with zero attached hydrogens (tertiary/aromatic N) is 1. The molecule has 1 heterocycles. The number of aliphatic hydroxyl groups excluding tert-OH is 1. The molecule has 0 aromatic rings. The summed E-state index contributed by atoms with van der Waals surface area (Å²) < 4.78 is 5.70. The van der Waals surface area contributed by atoms with Gasteiger partial charge in [0, 0.05) is 19.1 Å². The Kier molecular flexibility index (Phi) is 4.22. The molecule has 3 heteroatoms. The van der Waals surface area contributed by atoms with Crippen LogP contribution in [0.1, 0.15) is 39.5 Å². The van der Waals surface area contributed by atoms with E-state index in [0.29, 0.717) is 18.1 Å². The van der Waals surface area contributed by atoms with Crippen LogP contribution in [0.25, 0.3) is 0 Å². The van der Waals surface area contributed by atoms with Gasteiger partial charge in [0.2, 0.25) is 0 Å². The van der Waals surface area contributed by atoms with Crippen molar-refractivity contribution in [3.63, 3.8) is 0 Å². The molecule has 1 aliphatic carbocycles. The van der Waals surface area contributed by atoms with Gasteiger partial charge in [-0.15, -0.1) is 0 Å². The Bertz CT molecular complexity index is 222. The van der Waals surface area contributed by atoms with Gasteiger partial charge in [-0.3, -0.25) is 4.90 Å². The molecule has 1 aliphatic heterocycles. The second-order valence-electron chi connectivity index (χ2n) is 5.42. The van der Waals surface area contributed by atoms with Gasteiger partial charge < -0.3 is 9.84 Å². The normalized spacial score (nSPS) is 41.4. The van der Waals surface area contributed by atoms with E-state index in [1.165, 1.54) is 12.8 Å². The maximum absolute atomic E-state index is 9.89. The van der Waals surface area contributed by atoms with E-state index in [0.717, 1.165) is 32.5 Å². The number of hydrogen-bond donors (Lipinski definition) is 1. The van der Waals surface area contributed by atoms with Crippen molar-refractivity contribution >= 4 is 0 Å². The number of hydrogen-bond acceptors (Lipinski definition) is 3. The minimum absolute atomic E-state index is 0.0596. The minimum atomic E-state index is -0.0596. The molecule has 3 nitrogen and oxygen atoms in total. The highest BCUT2D eigenvalue weighted by molar-refractivity contribution is 4.84. The van der Waals surface area contributed by atoms with E-state index in [9.17, 15) is 5.11 Å². The molecule has 16 heavy (non-hydrogen) atoms. The Balaban J connectivity index is 1.89. The number of rotatable bonds is 3. The predicted octanol–water partition coefficient (Wildman–Crippen LogP) is 1.65. The van der Waals surface area contributed by atoms with Crippen molar-refractivity contribution in [3.8, 4) is 0 Å². The molecule has 4 unspecified atom stereocenters. The quantitative estimate of drug-likeness (QED) is 0.795. The molecule has 2 rings (SSSR count). The summed E-state index contributed by atoms with van der Waals surface area (Å²) in [4.78, 5) is 2.54. The summed E-state index contributed by atoms with van der Waals surface area (Å²) in [6.45, 7) is 7.32. The standard InChI is InChI=1S/C13H25NO2/c1-3-12-9-16-10(2)7-14(12)8-11-5-4-6-13(11)15/h10-13,15H,3-9H2,1-2H3. The Morgan fingerprint density at radius 1 is 1.38 bits per heavy atom. The second-order valence-corrected chi connectivity index (χ2v) is 5.42. The van der Waals surface area contributed by atoms with Crippen LogP contribution in [-0.4, -0.2) is 48.0 Å². The van der Waals surface area contributed by atoms with E-state index >= 15 is 0 Å². The first-order chi connectivity index (χ1) is 7.70. The fraction of sp³-hybridized carbons (Fsp3) is 1.00. The molecule has 2 aliphatic rings. The van der Waals surface area contributed by atoms with E-state index in [2.05, 4.69) is 18.7 Å². The highest BCUT2D eigenvalue weighted by atomic mass is 16.5. The second kappa shape index (κ2) is 5.48. The van der Waals surface area contributed by atoms with Gasteiger partial charge in [-0.05, 0) is 32.1 Å². The van der Waals surface area contributed by atoms with Gasteiger partial charge in [-0.2, -0.15) is 0 Å². The monoisotopic (exact) mass is 227 g/mol. The van der Waals surface area contributed by atoms with Gasteiger partial charge >= 0.3 is 0 Å². The summed E-state index contributed by atoms with van der Waals surface area (Å²) in [6.07, 6.45) is 4.83. The average Bonchev–Trinajstić information content (AvgIpc) is 2.65. The molecule has 94 valence electrons. The average molecular weight is 227 g/mol. The van der Waals surface area contributed by atoms with Crippen LogP contribution in [0.4, 0.5) is 0 Å². The molecular weight excluding hydrogens is 202 g/mol. The van der Waals surface area contributed by atoms with Crippen LogP contribution >= 0.6 is 0 Å². The lowest BCUT2D eigenvalue weighted by Crippen LogP contribution is -2.50. The van der Waals surface area contributed by atoms with Crippen LogP contribution in [0.15, 0.2) is 0 Å². The van der Waals surface area contributed by atoms with Crippen molar-refractivity contribution in [1.82, 2.24) is 4.90 Å². The SMILES string of the molecule is CCC1COC(C)CN1CC1CCCC1O. The lowest BCUT2D eigenvalue weighted by molar-refractivity contribution is -0.0653. The molecule has 0 radical (unpaired) electrons. The van der Waals surface area contributed by atoms with Crippen LogP contribution in [0.5, 0.6) is 0 Å². The van der Waals surface area contributed by atoms with Crippen molar-refractivity contribution in [1.29, 1.82) is 0 Å². The summed E-state index contributed by atoms with van der Waals surface area (Å²) in [5.74, 6) is 0.499. The van der Waals surface area contributed by atoms with Gasteiger partial charge in [0.25, 0.3) is 0 Å². The lowest BCUT2D eigenvalue weighted by atomic mass is 10.0. The Labute approximate surface area is 98.8 Å². The van der Waals surface area contributed by atoms with Gasteiger partial charge in [0.1, 0.15) is 0 Å². The topological polar surface area (TPSA) is 32.7 Å². The number of ether oxygens (including phenoxy) is 1. The first-order valence-electron chi connectivity index (χ1n) is 6.74. The van der Waals surface area contributed by atoms with Crippen molar-refractivity contribution in [3.05, 3.63) is 0 Å². The molecular formula is C13H25NO2. The third kappa shape index (κ3) is 2.76. The first-order valence-corrected chi connectivity index (χ1v) is 6.74. The van der Waals surface area contributed by atoms with Gasteiger partial charge in [0.15, 0.2) is 0 Å². The van der Waals surface area contributed by atoms with Crippen molar-refractivity contribution in [2.75, 3.05) is 19.7 Å². The van der Waals surface area contributed by atoms with Crippen LogP contribution in [0.2, 0.25) is 0 Å². The molecule has 0 aromatic carbocycles. The van der Waals surface area contributed by atoms with Gasteiger partial charge in [0.05, 0.1) is 18.8 Å². The van der Waals surface area contributed by atoms with E-state index in [1.807, 2.05) is 0 Å². The zero-order chi connectivity index (χ0) is 11.5. The molecule has 2 fully saturated rings. The highest BCUT2D eigenvalue weighted by Gasteiger charge is 2.32. The first kappa shape index (κ1) is 12.3.